The summed E-state index contributed by atoms with van der Waals surface area (Å²) in [6.07, 6.45) is -5.57. The largest absolute Gasteiger partial charge is 0.480 e. The average molecular weight is 381 g/mol. The zero-order chi connectivity index (χ0) is 19.5. The van der Waals surface area contributed by atoms with Crippen molar-refractivity contribution in [3.63, 3.8) is 0 Å². The number of hydrogen-bond acceptors (Lipinski definition) is 7. The van der Waals surface area contributed by atoms with E-state index >= 15 is 0 Å². The van der Waals surface area contributed by atoms with Gasteiger partial charge in [-0.15, -0.1) is 0 Å². The van der Waals surface area contributed by atoms with Crippen molar-refractivity contribution in [3.8, 4) is 0 Å². The zero-order valence-electron chi connectivity index (χ0n) is 13.2. The van der Waals surface area contributed by atoms with Gasteiger partial charge in [0.25, 0.3) is 5.53 Å². The maximum Gasteiger partial charge on any atom is 0.471 e. The molecule has 0 heterocycles. The lowest BCUT2D eigenvalue weighted by Gasteiger charge is -2.46. The number of carbonyl (C=O) groups excluding carboxylic acids is 1. The smallest absolute Gasteiger partial charge is 0.471 e. The van der Waals surface area contributed by atoms with Crippen molar-refractivity contribution < 1.29 is 42.2 Å². The van der Waals surface area contributed by atoms with Crippen LogP contribution in [0.15, 0.2) is 0 Å². The van der Waals surface area contributed by atoms with Gasteiger partial charge in [-0.05, 0) is 0 Å². The first-order valence-corrected chi connectivity index (χ1v) is 7.72. The molecule has 11 nitrogen and oxygen atoms in total. The van der Waals surface area contributed by atoms with Crippen LogP contribution in [0.3, 0.4) is 0 Å². The van der Waals surface area contributed by atoms with E-state index in [0.29, 0.717) is 0 Å². The van der Waals surface area contributed by atoms with Gasteiger partial charge in [-0.1, -0.05) is 0 Å². The van der Waals surface area contributed by atoms with Crippen LogP contribution in [-0.4, -0.2) is 88.1 Å². The number of carboxylic acids is 1. The number of aliphatic carboxylic acids is 1. The Bertz CT molecular complexity index is 512. The van der Waals surface area contributed by atoms with Gasteiger partial charge in [-0.3, -0.25) is 19.1 Å². The Balaban J connectivity index is 6.48. The number of rotatable bonds is 8. The van der Waals surface area contributed by atoms with Crippen molar-refractivity contribution in [1.29, 1.82) is 0 Å². The van der Waals surface area contributed by atoms with E-state index in [4.69, 9.17) is 5.11 Å². The predicted molar refractivity (Wildman–Crippen MR) is 73.8 cm³/mol. The molecule has 0 bridgehead atoms. The number of carboxylic acid groups (broad SMARTS) is 1. The number of carbonyl (C=O) groups is 2. The first-order chi connectivity index (χ1) is 10.5. The lowest BCUT2D eigenvalue weighted by molar-refractivity contribution is -0.196. The molecule has 0 saturated heterocycles. The molecule has 0 aliphatic heterocycles. The van der Waals surface area contributed by atoms with Crippen LogP contribution in [0.2, 0.25) is 0 Å². The number of hydrogen-bond donors (Lipinski definition) is 5. The number of halogens is 3. The van der Waals surface area contributed by atoms with Crippen LogP contribution in [-0.2, 0) is 14.2 Å². The lowest BCUT2D eigenvalue weighted by atomic mass is 10.4. The maximum atomic E-state index is 12.8. The fourth-order valence-corrected chi connectivity index (χ4v) is 2.81. The Kier molecular flexibility index (Phi) is 7.32. The molecule has 1 amide bonds. The van der Waals surface area contributed by atoms with Gasteiger partial charge in [0.2, 0.25) is 0 Å². The van der Waals surface area contributed by atoms with E-state index < -0.39 is 42.6 Å². The average Bonchev–Trinajstić information content (AvgIpc) is 2.30. The van der Waals surface area contributed by atoms with Gasteiger partial charge in [-0.25, -0.2) is 20.9 Å². The van der Waals surface area contributed by atoms with Crippen LogP contribution in [0.4, 0.5) is 13.2 Å². The number of amides is 1. The lowest BCUT2D eigenvalue weighted by Crippen LogP contribution is -2.74. The monoisotopic (exact) mass is 381 g/mol. The van der Waals surface area contributed by atoms with E-state index in [1.54, 1.807) is 0 Å². The molecule has 0 fully saturated rings. The van der Waals surface area contributed by atoms with Crippen molar-refractivity contribution >= 4 is 19.5 Å². The van der Waals surface area contributed by atoms with E-state index in [-0.39, 0.29) is 0 Å². The molecule has 0 aliphatic carbocycles. The van der Waals surface area contributed by atoms with E-state index in [2.05, 4.69) is 0 Å². The standard InChI is InChI=1S/C9H19F3N5O6P/c1-15(2)13-9(14-16(3)4,24(21,22)23)17(5-6(18)19)7(20)8(10,11)12/h13-14H,5H2,1-4H3,(H,18,19)(H2,21,22,23). The fourth-order valence-electron chi connectivity index (χ4n) is 1.68. The third-order valence-electron chi connectivity index (χ3n) is 2.35. The molecule has 0 spiro atoms. The highest BCUT2D eigenvalue weighted by Gasteiger charge is 2.60. The Morgan fingerprint density at radius 1 is 1.04 bits per heavy atom. The Labute approximate surface area is 135 Å². The van der Waals surface area contributed by atoms with Gasteiger partial charge >= 0.3 is 25.6 Å². The van der Waals surface area contributed by atoms with Crippen molar-refractivity contribution in [2.75, 3.05) is 34.7 Å². The molecule has 24 heavy (non-hydrogen) atoms. The van der Waals surface area contributed by atoms with Crippen LogP contribution in [0.1, 0.15) is 0 Å². The summed E-state index contributed by atoms with van der Waals surface area (Å²) in [4.78, 5) is 41.2. The van der Waals surface area contributed by atoms with Gasteiger partial charge in [0.1, 0.15) is 6.54 Å². The molecule has 0 aromatic rings. The molecule has 0 atom stereocenters. The molecule has 142 valence electrons. The maximum absolute atomic E-state index is 12.8. The van der Waals surface area contributed by atoms with Crippen molar-refractivity contribution in [2.45, 2.75) is 11.7 Å². The molecule has 5 N–H and O–H groups in total. The number of nitrogens with one attached hydrogen (secondary N) is 2. The summed E-state index contributed by atoms with van der Waals surface area (Å²) >= 11 is 0. The van der Waals surface area contributed by atoms with Crippen molar-refractivity contribution in [2.24, 2.45) is 0 Å². The molecule has 0 rings (SSSR count). The van der Waals surface area contributed by atoms with Crippen LogP contribution in [0.25, 0.3) is 0 Å². The van der Waals surface area contributed by atoms with Crippen LogP contribution < -0.4 is 10.9 Å². The number of alkyl halides is 3. The summed E-state index contributed by atoms with van der Waals surface area (Å²) in [5, 5.41) is 10.5. The minimum absolute atomic E-state index is 0.518. The first-order valence-electron chi connectivity index (χ1n) is 6.11. The highest BCUT2D eigenvalue weighted by Crippen LogP contribution is 2.50. The zero-order valence-corrected chi connectivity index (χ0v) is 14.1. The Morgan fingerprint density at radius 3 is 1.62 bits per heavy atom. The highest BCUT2D eigenvalue weighted by molar-refractivity contribution is 7.53. The molecule has 0 aliphatic rings. The summed E-state index contributed by atoms with van der Waals surface area (Å²) in [6, 6.07) is 0. The normalized spacial score (nSPS) is 13.5. The van der Waals surface area contributed by atoms with E-state index in [9.17, 15) is 37.1 Å². The summed E-state index contributed by atoms with van der Waals surface area (Å²) in [5.41, 5.74) is 0.775. The van der Waals surface area contributed by atoms with Crippen LogP contribution >= 0.6 is 7.60 Å². The summed E-state index contributed by atoms with van der Waals surface area (Å²) in [5.74, 6) is -4.66. The van der Waals surface area contributed by atoms with E-state index in [1.165, 1.54) is 28.2 Å². The topological polar surface area (TPSA) is 146 Å². The molecule has 0 radical (unpaired) electrons. The number of nitrogens with zero attached hydrogens (tertiary/aromatic N) is 3. The minimum atomic E-state index is -5.61. The van der Waals surface area contributed by atoms with Crippen LogP contribution in [0.5, 0.6) is 0 Å². The Morgan fingerprint density at radius 2 is 1.42 bits per heavy atom. The molecule has 15 heteroatoms. The first kappa shape index (κ1) is 22.7. The van der Waals surface area contributed by atoms with Gasteiger partial charge in [0, 0.05) is 28.2 Å². The van der Waals surface area contributed by atoms with Gasteiger partial charge in [0.05, 0.1) is 0 Å². The minimum Gasteiger partial charge on any atom is -0.480 e. The summed E-state index contributed by atoms with van der Waals surface area (Å²) in [6.45, 7) is -1.63. The number of hydrazine groups is 2. The van der Waals surface area contributed by atoms with Gasteiger partial charge in [0.15, 0.2) is 0 Å². The second kappa shape index (κ2) is 7.74. The quantitative estimate of drug-likeness (QED) is 0.189. The van der Waals surface area contributed by atoms with E-state index in [1.807, 2.05) is 10.9 Å². The van der Waals surface area contributed by atoms with Crippen LogP contribution in [0, 0.1) is 0 Å². The summed E-state index contributed by atoms with van der Waals surface area (Å²) in [7, 11) is -0.897. The molecular weight excluding hydrogens is 362 g/mol. The Hall–Kier alpha value is -1.28. The second-order valence-electron chi connectivity index (χ2n) is 5.01. The third kappa shape index (κ3) is 5.66. The molecule has 0 saturated carbocycles. The second-order valence-corrected chi connectivity index (χ2v) is 6.75. The molecular formula is C9H19F3N5O6P. The molecule has 0 aromatic heterocycles. The van der Waals surface area contributed by atoms with Crippen molar-refractivity contribution in [3.05, 3.63) is 0 Å². The fraction of sp³-hybridized carbons (Fsp3) is 0.778. The van der Waals surface area contributed by atoms with E-state index in [0.717, 1.165) is 10.0 Å². The molecule has 0 aromatic carbocycles. The van der Waals surface area contributed by atoms with Crippen molar-refractivity contribution in [1.82, 2.24) is 25.8 Å². The summed E-state index contributed by atoms with van der Waals surface area (Å²) < 4.78 is 50.4. The van der Waals surface area contributed by atoms with Gasteiger partial charge in [-0.2, -0.15) is 13.2 Å². The third-order valence-corrected chi connectivity index (χ3v) is 3.64. The SMILES string of the molecule is CN(C)NC(NN(C)C)(N(CC(=O)O)C(=O)C(F)(F)F)P(=O)(O)O. The van der Waals surface area contributed by atoms with Gasteiger partial charge < -0.3 is 14.9 Å². The molecule has 0 unspecified atom stereocenters. The predicted octanol–water partition coefficient (Wildman–Crippen LogP) is -1.62. The highest BCUT2D eigenvalue weighted by atomic mass is 31.2.